The number of nitrogens with one attached hydrogen (secondary N) is 1. The second-order valence-corrected chi connectivity index (χ2v) is 2.72. The van der Waals surface area contributed by atoms with Crippen molar-refractivity contribution >= 4 is 16.9 Å². The van der Waals surface area contributed by atoms with Crippen LogP contribution < -0.4 is 0 Å². The quantitative estimate of drug-likeness (QED) is 0.722. The number of ether oxygens (including phenoxy) is 1. The van der Waals surface area contributed by atoms with E-state index in [-0.39, 0.29) is 5.69 Å². The van der Waals surface area contributed by atoms with Crippen molar-refractivity contribution in [2.75, 3.05) is 6.61 Å². The van der Waals surface area contributed by atoms with E-state index in [2.05, 4.69) is 15.2 Å². The van der Waals surface area contributed by atoms with Crippen molar-refractivity contribution in [3.05, 3.63) is 24.2 Å². The van der Waals surface area contributed by atoms with E-state index in [1.54, 1.807) is 25.4 Å². The maximum atomic E-state index is 11.4. The molecule has 0 saturated heterocycles. The largest absolute Gasteiger partial charge is 0.461 e. The predicted octanol–water partition coefficient (Wildman–Crippen LogP) is 1.13. The van der Waals surface area contributed by atoms with Gasteiger partial charge in [-0.3, -0.25) is 0 Å². The molecular weight excluding hydrogens is 182 g/mol. The number of rotatable bonds is 2. The van der Waals surface area contributed by atoms with Crippen LogP contribution in [0.15, 0.2) is 18.5 Å². The standard InChI is InChI=1S/C9H9N3O2/c1-2-14-9(13)8-6-3-4-10-7(6)5-11-12-8/h3-5,10H,2H2,1H3. The summed E-state index contributed by atoms with van der Waals surface area (Å²) in [6.45, 7) is 2.09. The maximum Gasteiger partial charge on any atom is 0.359 e. The number of esters is 1. The summed E-state index contributed by atoms with van der Waals surface area (Å²) in [5, 5.41) is 8.19. The van der Waals surface area contributed by atoms with Crippen LogP contribution in [0.25, 0.3) is 10.9 Å². The Morgan fingerprint density at radius 1 is 1.64 bits per heavy atom. The van der Waals surface area contributed by atoms with Gasteiger partial charge in [0.1, 0.15) is 0 Å². The highest BCUT2D eigenvalue weighted by Gasteiger charge is 2.13. The highest BCUT2D eigenvalue weighted by molar-refractivity contribution is 6.01. The zero-order valence-electron chi connectivity index (χ0n) is 7.65. The molecule has 2 heterocycles. The second-order valence-electron chi connectivity index (χ2n) is 2.72. The third-order valence-corrected chi connectivity index (χ3v) is 1.85. The summed E-state index contributed by atoms with van der Waals surface area (Å²) in [6.07, 6.45) is 3.30. The average molecular weight is 191 g/mol. The Hall–Kier alpha value is -1.91. The zero-order chi connectivity index (χ0) is 9.97. The van der Waals surface area contributed by atoms with Crippen LogP contribution in [0.4, 0.5) is 0 Å². The number of hydrogen-bond donors (Lipinski definition) is 1. The van der Waals surface area contributed by atoms with E-state index >= 15 is 0 Å². The fourth-order valence-corrected chi connectivity index (χ4v) is 1.24. The Labute approximate surface area is 80.1 Å². The molecule has 0 aliphatic carbocycles. The maximum absolute atomic E-state index is 11.4. The summed E-state index contributed by atoms with van der Waals surface area (Å²) in [4.78, 5) is 14.4. The number of carbonyl (C=O) groups excluding carboxylic acids is 1. The van der Waals surface area contributed by atoms with Gasteiger partial charge in [0, 0.05) is 11.6 Å². The first kappa shape index (κ1) is 8.68. The summed E-state index contributed by atoms with van der Waals surface area (Å²) in [6, 6.07) is 1.77. The van der Waals surface area contributed by atoms with Crippen molar-refractivity contribution in [1.82, 2.24) is 15.2 Å². The van der Waals surface area contributed by atoms with Crippen molar-refractivity contribution in [3.63, 3.8) is 0 Å². The van der Waals surface area contributed by atoms with Crippen molar-refractivity contribution < 1.29 is 9.53 Å². The summed E-state index contributed by atoms with van der Waals surface area (Å²) in [5.41, 5.74) is 1.04. The average Bonchev–Trinajstić information content (AvgIpc) is 2.65. The van der Waals surface area contributed by atoms with Gasteiger partial charge in [-0.2, -0.15) is 5.10 Å². The Bertz CT molecular complexity index is 464. The van der Waals surface area contributed by atoms with E-state index in [1.807, 2.05) is 0 Å². The van der Waals surface area contributed by atoms with Crippen LogP contribution in [0.5, 0.6) is 0 Å². The van der Waals surface area contributed by atoms with Gasteiger partial charge in [-0.25, -0.2) is 4.79 Å². The van der Waals surface area contributed by atoms with Crippen molar-refractivity contribution in [2.24, 2.45) is 0 Å². The van der Waals surface area contributed by atoms with E-state index in [1.165, 1.54) is 0 Å². The first-order valence-electron chi connectivity index (χ1n) is 4.29. The van der Waals surface area contributed by atoms with Crippen LogP contribution in [0.3, 0.4) is 0 Å². The summed E-state index contributed by atoms with van der Waals surface area (Å²) < 4.78 is 4.85. The number of fused-ring (bicyclic) bond motifs is 1. The molecule has 0 atom stereocenters. The molecule has 2 aromatic heterocycles. The minimum atomic E-state index is -0.440. The number of aromatic nitrogens is 3. The summed E-state index contributed by atoms with van der Waals surface area (Å²) in [7, 11) is 0. The van der Waals surface area contributed by atoms with E-state index in [9.17, 15) is 4.79 Å². The van der Waals surface area contributed by atoms with Crippen molar-refractivity contribution in [2.45, 2.75) is 6.92 Å². The minimum Gasteiger partial charge on any atom is -0.461 e. The van der Waals surface area contributed by atoms with Crippen LogP contribution in [0.1, 0.15) is 17.4 Å². The molecule has 2 rings (SSSR count). The van der Waals surface area contributed by atoms with Gasteiger partial charge in [-0.15, -0.1) is 5.10 Å². The number of H-pyrrole nitrogens is 1. The fourth-order valence-electron chi connectivity index (χ4n) is 1.24. The normalized spacial score (nSPS) is 10.4. The highest BCUT2D eigenvalue weighted by Crippen LogP contribution is 2.14. The number of nitrogens with zero attached hydrogens (tertiary/aromatic N) is 2. The van der Waals surface area contributed by atoms with E-state index in [4.69, 9.17) is 4.74 Å². The molecule has 0 bridgehead atoms. The molecule has 0 fully saturated rings. The van der Waals surface area contributed by atoms with Crippen molar-refractivity contribution in [3.8, 4) is 0 Å². The predicted molar refractivity (Wildman–Crippen MR) is 49.8 cm³/mol. The van der Waals surface area contributed by atoms with Gasteiger partial charge in [-0.05, 0) is 13.0 Å². The summed E-state index contributed by atoms with van der Waals surface area (Å²) >= 11 is 0. The van der Waals surface area contributed by atoms with Crippen LogP contribution in [-0.4, -0.2) is 27.8 Å². The van der Waals surface area contributed by atoms with E-state index in [0.29, 0.717) is 6.61 Å². The molecular formula is C9H9N3O2. The topological polar surface area (TPSA) is 67.9 Å². The SMILES string of the molecule is CCOC(=O)c1nncc2[nH]ccc12. The Morgan fingerprint density at radius 3 is 3.29 bits per heavy atom. The molecule has 2 aromatic rings. The third kappa shape index (κ3) is 1.32. The molecule has 5 nitrogen and oxygen atoms in total. The van der Waals surface area contributed by atoms with Gasteiger partial charge in [0.2, 0.25) is 0 Å². The van der Waals surface area contributed by atoms with Crippen LogP contribution in [0.2, 0.25) is 0 Å². The molecule has 72 valence electrons. The lowest BCUT2D eigenvalue weighted by Gasteiger charge is -2.00. The lowest BCUT2D eigenvalue weighted by molar-refractivity contribution is 0.0521. The lowest BCUT2D eigenvalue weighted by atomic mass is 10.2. The van der Waals surface area contributed by atoms with Gasteiger partial charge >= 0.3 is 5.97 Å². The first-order valence-corrected chi connectivity index (χ1v) is 4.29. The molecule has 0 aliphatic heterocycles. The molecule has 0 saturated carbocycles. The molecule has 0 aromatic carbocycles. The highest BCUT2D eigenvalue weighted by atomic mass is 16.5. The van der Waals surface area contributed by atoms with Crippen LogP contribution >= 0.6 is 0 Å². The minimum absolute atomic E-state index is 0.255. The third-order valence-electron chi connectivity index (χ3n) is 1.85. The Morgan fingerprint density at radius 2 is 2.50 bits per heavy atom. The smallest absolute Gasteiger partial charge is 0.359 e. The lowest BCUT2D eigenvalue weighted by Crippen LogP contribution is -2.08. The number of aromatic amines is 1. The molecule has 1 N–H and O–H groups in total. The Kier molecular flexibility index (Phi) is 2.14. The second kappa shape index (κ2) is 3.45. The van der Waals surface area contributed by atoms with Gasteiger partial charge in [0.15, 0.2) is 5.69 Å². The van der Waals surface area contributed by atoms with Gasteiger partial charge in [0.05, 0.1) is 18.3 Å². The number of carbonyl (C=O) groups is 1. The fraction of sp³-hybridized carbons (Fsp3) is 0.222. The van der Waals surface area contributed by atoms with Crippen LogP contribution in [-0.2, 0) is 4.74 Å². The van der Waals surface area contributed by atoms with Gasteiger partial charge in [0.25, 0.3) is 0 Å². The number of hydrogen-bond acceptors (Lipinski definition) is 4. The van der Waals surface area contributed by atoms with Crippen LogP contribution in [0, 0.1) is 0 Å². The van der Waals surface area contributed by atoms with Gasteiger partial charge in [-0.1, -0.05) is 0 Å². The van der Waals surface area contributed by atoms with E-state index < -0.39 is 5.97 Å². The summed E-state index contributed by atoms with van der Waals surface area (Å²) in [5.74, 6) is -0.440. The first-order chi connectivity index (χ1) is 6.83. The molecule has 0 radical (unpaired) electrons. The monoisotopic (exact) mass is 191 g/mol. The molecule has 0 unspecified atom stereocenters. The molecule has 0 amide bonds. The molecule has 14 heavy (non-hydrogen) atoms. The molecule has 0 aliphatic rings. The Balaban J connectivity index is 2.50. The molecule has 5 heteroatoms. The van der Waals surface area contributed by atoms with E-state index in [0.717, 1.165) is 10.9 Å². The van der Waals surface area contributed by atoms with Gasteiger partial charge < -0.3 is 9.72 Å². The zero-order valence-corrected chi connectivity index (χ0v) is 7.65. The molecule has 0 spiro atoms. The van der Waals surface area contributed by atoms with Crippen molar-refractivity contribution in [1.29, 1.82) is 0 Å².